The normalized spacial score (nSPS) is 26.0. The Kier molecular flexibility index (Phi) is 61.8. The van der Waals surface area contributed by atoms with Gasteiger partial charge in [-0.25, -0.2) is 0 Å². The average Bonchev–Trinajstić information content (AvgIpc) is 0.749. The highest BCUT2D eigenvalue weighted by Gasteiger charge is 2.54. The number of amides is 1. The van der Waals surface area contributed by atoms with Crippen LogP contribution in [-0.4, -0.2) is 193 Å². The highest BCUT2D eigenvalue weighted by atomic mass is 16.8. The van der Waals surface area contributed by atoms with Gasteiger partial charge in [0.1, 0.15) is 73.2 Å². The summed E-state index contributed by atoms with van der Waals surface area (Å²) < 4.78 is 34.4. The lowest BCUT2D eigenvalue weighted by Gasteiger charge is -2.48. The molecule has 19 heteroatoms. The molecule has 3 heterocycles. The van der Waals surface area contributed by atoms with Gasteiger partial charge in [-0.2, -0.15) is 0 Å². The first-order valence-corrected chi connectivity index (χ1v) is 42.6. The molecule has 19 nitrogen and oxygen atoms in total. The molecule has 3 aliphatic rings. The third-order valence-corrected chi connectivity index (χ3v) is 20.1. The van der Waals surface area contributed by atoms with Crippen molar-refractivity contribution in [3.8, 4) is 0 Å². The molecule has 109 heavy (non-hydrogen) atoms. The molecule has 0 aromatic carbocycles. The van der Waals surface area contributed by atoms with Crippen molar-refractivity contribution in [1.82, 2.24) is 5.32 Å². The second kappa shape index (κ2) is 68.1. The van der Waals surface area contributed by atoms with Gasteiger partial charge in [0, 0.05) is 6.42 Å². The Bertz CT molecular complexity index is 2540. The summed E-state index contributed by atoms with van der Waals surface area (Å²) >= 11 is 0. The van der Waals surface area contributed by atoms with Gasteiger partial charge in [0.05, 0.1) is 38.6 Å². The molecule has 3 rings (SSSR count). The van der Waals surface area contributed by atoms with E-state index in [-0.39, 0.29) is 18.9 Å². The Morgan fingerprint density at radius 3 is 1.03 bits per heavy atom. The smallest absolute Gasteiger partial charge is 0.220 e. The van der Waals surface area contributed by atoms with Gasteiger partial charge in [-0.1, -0.05) is 314 Å². The number of ether oxygens (including phenoxy) is 6. The van der Waals surface area contributed by atoms with Crippen LogP contribution in [0.3, 0.4) is 0 Å². The first-order chi connectivity index (χ1) is 53.3. The summed E-state index contributed by atoms with van der Waals surface area (Å²) in [6, 6.07) is -1.02. The predicted molar refractivity (Wildman–Crippen MR) is 438 cm³/mol. The fourth-order valence-corrected chi connectivity index (χ4v) is 13.4. The molecule has 0 saturated carbocycles. The first-order valence-electron chi connectivity index (χ1n) is 42.6. The van der Waals surface area contributed by atoms with Crippen molar-refractivity contribution in [1.29, 1.82) is 0 Å². The third-order valence-electron chi connectivity index (χ3n) is 20.1. The van der Waals surface area contributed by atoms with E-state index in [1.54, 1.807) is 6.08 Å². The number of nitrogens with one attached hydrogen (secondary N) is 1. The molecule has 624 valence electrons. The molecule has 0 spiro atoms. The molecule has 0 aliphatic carbocycles. The van der Waals surface area contributed by atoms with Crippen LogP contribution in [0.15, 0.2) is 146 Å². The van der Waals surface area contributed by atoms with Crippen LogP contribution in [-0.2, 0) is 33.2 Å². The number of carbonyl (C=O) groups excluding carboxylic acids is 1. The van der Waals surface area contributed by atoms with Crippen molar-refractivity contribution in [2.45, 2.75) is 388 Å². The number of rotatable bonds is 66. The van der Waals surface area contributed by atoms with E-state index >= 15 is 0 Å². The van der Waals surface area contributed by atoms with Gasteiger partial charge in [0.2, 0.25) is 5.91 Å². The minimum Gasteiger partial charge on any atom is -0.394 e. The van der Waals surface area contributed by atoms with Gasteiger partial charge >= 0.3 is 0 Å². The predicted octanol–water partition coefficient (Wildman–Crippen LogP) is 15.4. The van der Waals surface area contributed by atoms with Gasteiger partial charge in [-0.05, 0) is 109 Å². The minimum atomic E-state index is -1.99. The maximum atomic E-state index is 13.5. The minimum absolute atomic E-state index is 0.196. The highest BCUT2D eigenvalue weighted by molar-refractivity contribution is 5.76. The van der Waals surface area contributed by atoms with Crippen molar-refractivity contribution in [2.24, 2.45) is 0 Å². The van der Waals surface area contributed by atoms with Gasteiger partial charge in [-0.15, -0.1) is 0 Å². The van der Waals surface area contributed by atoms with Crippen LogP contribution in [0.1, 0.15) is 284 Å². The Morgan fingerprint density at radius 1 is 0.339 bits per heavy atom. The maximum absolute atomic E-state index is 13.5. The summed E-state index contributed by atoms with van der Waals surface area (Å²) in [5, 5.41) is 121. The maximum Gasteiger partial charge on any atom is 0.220 e. The Hall–Kier alpha value is -4.33. The van der Waals surface area contributed by atoms with Crippen LogP contribution in [0.25, 0.3) is 0 Å². The van der Waals surface area contributed by atoms with Crippen molar-refractivity contribution < 1.29 is 89.4 Å². The second-order valence-electron chi connectivity index (χ2n) is 29.6. The van der Waals surface area contributed by atoms with Crippen LogP contribution < -0.4 is 5.32 Å². The van der Waals surface area contributed by atoms with Crippen LogP contribution in [0.2, 0.25) is 0 Å². The summed E-state index contributed by atoms with van der Waals surface area (Å²) in [6.45, 7) is 1.60. The molecular formula is C90H151NO18. The zero-order valence-corrected chi connectivity index (χ0v) is 67.0. The summed E-state index contributed by atoms with van der Waals surface area (Å²) in [7, 11) is 0. The van der Waals surface area contributed by atoms with Crippen LogP contribution in [0.5, 0.6) is 0 Å². The van der Waals surface area contributed by atoms with E-state index in [0.717, 1.165) is 109 Å². The number of aliphatic hydroxyl groups excluding tert-OH is 11. The topological polar surface area (TPSA) is 307 Å². The van der Waals surface area contributed by atoms with E-state index in [4.69, 9.17) is 28.4 Å². The fraction of sp³-hybridized carbons (Fsp3) is 0.722. The SMILES string of the molecule is CC/C=C\C/C=C\C/C=C\C/C=C\C/C=C\C/C=C\C/C=C\C/C=C\C/C=C\C/C=C\CCCCCCC(=O)NC(COC1OC(CO)C(OC2OC(CO)C(OC3OC(CO)C(O)C(O)C3O)C(O)C2O)C(O)C1O)C(O)/C=C/CC/C=C/CCCCCCCCCCCCCCCCCCCCCCCCC. The number of unbranched alkanes of at least 4 members (excludes halogenated alkanes) is 28. The van der Waals surface area contributed by atoms with E-state index in [1.165, 1.54) is 141 Å². The molecule has 3 fully saturated rings. The summed E-state index contributed by atoms with van der Waals surface area (Å²) in [4.78, 5) is 13.5. The van der Waals surface area contributed by atoms with E-state index in [0.29, 0.717) is 12.8 Å². The summed E-state index contributed by atoms with van der Waals surface area (Å²) in [5.74, 6) is -0.313. The largest absolute Gasteiger partial charge is 0.394 e. The summed E-state index contributed by atoms with van der Waals surface area (Å²) in [5.41, 5.74) is 0. The molecule has 12 N–H and O–H groups in total. The highest BCUT2D eigenvalue weighted by Crippen LogP contribution is 2.33. The lowest BCUT2D eigenvalue weighted by atomic mass is 9.96. The number of aliphatic hydroxyl groups is 11. The number of carbonyl (C=O) groups is 1. The van der Waals surface area contributed by atoms with Gasteiger partial charge < -0.3 is 89.9 Å². The lowest BCUT2D eigenvalue weighted by Crippen LogP contribution is -2.66. The molecule has 0 aromatic heterocycles. The average molecular weight is 1540 g/mol. The molecule has 0 radical (unpaired) electrons. The Balaban J connectivity index is 1.39. The molecule has 0 bridgehead atoms. The van der Waals surface area contributed by atoms with E-state index in [9.17, 15) is 61.0 Å². The van der Waals surface area contributed by atoms with Gasteiger partial charge in [-0.3, -0.25) is 4.79 Å². The van der Waals surface area contributed by atoms with Crippen molar-refractivity contribution in [2.75, 3.05) is 26.4 Å². The number of allylic oxidation sites excluding steroid dienone is 23. The zero-order chi connectivity index (χ0) is 78.8. The Labute approximate surface area is 657 Å². The summed E-state index contributed by atoms with van der Waals surface area (Å²) in [6.07, 6.45) is 72.6. The lowest BCUT2D eigenvalue weighted by molar-refractivity contribution is -0.379. The third kappa shape index (κ3) is 47.2. The van der Waals surface area contributed by atoms with Crippen molar-refractivity contribution in [3.05, 3.63) is 146 Å². The fourth-order valence-electron chi connectivity index (χ4n) is 13.4. The molecule has 0 aromatic rings. The van der Waals surface area contributed by atoms with Crippen LogP contribution in [0.4, 0.5) is 0 Å². The first kappa shape index (κ1) is 98.9. The monoisotopic (exact) mass is 1530 g/mol. The number of hydrogen-bond acceptors (Lipinski definition) is 18. The quantitative estimate of drug-likeness (QED) is 0.0199. The van der Waals surface area contributed by atoms with E-state index < -0.39 is 124 Å². The molecular weight excluding hydrogens is 1380 g/mol. The van der Waals surface area contributed by atoms with Gasteiger partial charge in [0.25, 0.3) is 0 Å². The molecule has 1 amide bonds. The Morgan fingerprint density at radius 2 is 0.642 bits per heavy atom. The van der Waals surface area contributed by atoms with Crippen LogP contribution in [0, 0.1) is 0 Å². The zero-order valence-electron chi connectivity index (χ0n) is 67.0. The number of hydrogen-bond donors (Lipinski definition) is 12. The van der Waals surface area contributed by atoms with Gasteiger partial charge in [0.15, 0.2) is 18.9 Å². The van der Waals surface area contributed by atoms with Crippen molar-refractivity contribution in [3.63, 3.8) is 0 Å². The van der Waals surface area contributed by atoms with E-state index in [2.05, 4.69) is 153 Å². The van der Waals surface area contributed by atoms with E-state index in [1.807, 2.05) is 6.08 Å². The molecule has 17 unspecified atom stereocenters. The standard InChI is InChI=1S/C90H151NO18/c1-3-5-7-9-11-13-15-17-19-21-23-25-27-29-31-33-34-35-36-37-38-40-42-44-46-48-50-52-54-56-58-60-62-64-66-68-78(96)91-73(74(95)67-65-63-61-59-57-55-53-51-49-47-45-43-41-39-32-30-28-26-24-22-20-18-16-14-12-10-8-6-4-2)72-104-88-84(102)81(99)86(76(70-93)106-88)109-90-85(103)82(100)87(77(71-94)107-90)108-89-83(101)80(98)79(97)75(69-92)105-89/h5,7,11,13,17,19,23,25,29,31,34-35,37-38,42,44,48,50,54,56-57,59,65,67,73-77,79-90,92-95,97-103H,3-4,6,8-10,12,14-16,18,20-22,24,26-28,30,32-33,36,39-41,43,45-47,49,51-53,55,58,60-64,66,68-72H2,1-2H3,(H,91,96)/b7-5-,13-11-,19-17-,25-23-,31-29-,35-34-,38-37-,44-42-,50-48-,56-54-,59-57+,67-65+. The van der Waals surface area contributed by atoms with Crippen molar-refractivity contribution >= 4 is 5.91 Å². The molecule has 3 saturated heterocycles. The molecule has 3 aliphatic heterocycles. The molecule has 17 atom stereocenters. The van der Waals surface area contributed by atoms with Crippen LogP contribution >= 0.6 is 0 Å². The second-order valence-corrected chi connectivity index (χ2v) is 29.6.